The molecule has 0 aromatic carbocycles. The van der Waals surface area contributed by atoms with Crippen LogP contribution in [0.4, 0.5) is 0 Å². The van der Waals surface area contributed by atoms with Crippen LogP contribution >= 0.6 is 11.8 Å². The molecule has 0 rings (SSSR count). The van der Waals surface area contributed by atoms with Gasteiger partial charge < -0.3 is 49.1 Å². The molecule has 0 fully saturated rings. The summed E-state index contributed by atoms with van der Waals surface area (Å²) in [5.41, 5.74) is 21.3. The first-order valence-electron chi connectivity index (χ1n) is 10.7. The van der Waals surface area contributed by atoms with Gasteiger partial charge in [0, 0.05) is 6.54 Å². The number of aliphatic carboxylic acids is 2. The highest BCUT2D eigenvalue weighted by atomic mass is 32.2. The standard InChI is InChI=1S/C19H34N8O8S/c1-36-6-4-10(25-15(31)9(20)3-2-5-24-19(22)23)16(32)26-11(8-14(29)30)17(33)27-12(18(34)35)7-13(21)28/h9-12H,2-8,20H2,1H3,(H2,21,28)(H,25,31)(H,26,32)(H,27,33)(H,29,30)(H,34,35)(H4,22,23,24). The van der Waals surface area contributed by atoms with Gasteiger partial charge in [0.1, 0.15) is 18.1 Å². The van der Waals surface area contributed by atoms with Gasteiger partial charge in [0.05, 0.1) is 18.9 Å². The Bertz CT molecular complexity index is 836. The van der Waals surface area contributed by atoms with Gasteiger partial charge in [0.25, 0.3) is 0 Å². The van der Waals surface area contributed by atoms with E-state index in [-0.39, 0.29) is 25.3 Å². The number of carboxylic acids is 2. The summed E-state index contributed by atoms with van der Waals surface area (Å²) in [4.78, 5) is 75.2. The molecule has 0 radical (unpaired) electrons. The number of rotatable bonds is 18. The van der Waals surface area contributed by atoms with E-state index in [9.17, 15) is 28.8 Å². The van der Waals surface area contributed by atoms with E-state index in [0.29, 0.717) is 12.2 Å². The minimum atomic E-state index is -1.73. The molecule has 0 aromatic heterocycles. The summed E-state index contributed by atoms with van der Waals surface area (Å²) in [6, 6.07) is -5.59. The molecular formula is C19H34N8O8S. The van der Waals surface area contributed by atoms with Crippen LogP contribution in [0.2, 0.25) is 0 Å². The predicted octanol–water partition coefficient (Wildman–Crippen LogP) is -3.99. The van der Waals surface area contributed by atoms with E-state index in [1.54, 1.807) is 6.26 Å². The first kappa shape index (κ1) is 32.4. The molecule has 0 saturated carbocycles. The van der Waals surface area contributed by atoms with E-state index in [4.69, 9.17) is 33.1 Å². The summed E-state index contributed by atoms with van der Waals surface area (Å²) in [5, 5.41) is 25.0. The van der Waals surface area contributed by atoms with Gasteiger partial charge in [-0.15, -0.1) is 0 Å². The Balaban J connectivity index is 5.40. The summed E-state index contributed by atoms with van der Waals surface area (Å²) >= 11 is 1.37. The lowest BCUT2D eigenvalue weighted by Crippen LogP contribution is -2.57. The zero-order valence-electron chi connectivity index (χ0n) is 19.8. The molecular weight excluding hydrogens is 500 g/mol. The number of thioether (sulfide) groups is 1. The molecule has 4 unspecified atom stereocenters. The van der Waals surface area contributed by atoms with Crippen molar-refractivity contribution in [2.45, 2.75) is 56.3 Å². The number of nitrogens with zero attached hydrogens (tertiary/aromatic N) is 1. The number of guanidine groups is 1. The van der Waals surface area contributed by atoms with E-state index >= 15 is 0 Å². The van der Waals surface area contributed by atoms with E-state index in [2.05, 4.69) is 15.6 Å². The Labute approximate surface area is 211 Å². The number of amides is 4. The van der Waals surface area contributed by atoms with Crippen molar-refractivity contribution in [2.24, 2.45) is 27.9 Å². The van der Waals surface area contributed by atoms with Crippen LogP contribution in [-0.2, 0) is 28.8 Å². The second-order valence-electron chi connectivity index (χ2n) is 7.63. The van der Waals surface area contributed by atoms with E-state index < -0.39 is 72.6 Å². The van der Waals surface area contributed by atoms with E-state index in [0.717, 1.165) is 0 Å². The van der Waals surface area contributed by atoms with Crippen LogP contribution in [0, 0.1) is 0 Å². The number of hydrogen-bond donors (Lipinski definition) is 9. The van der Waals surface area contributed by atoms with Gasteiger partial charge in [-0.25, -0.2) is 4.79 Å². The zero-order chi connectivity index (χ0) is 27.8. The number of carbonyl (C=O) groups is 6. The second kappa shape index (κ2) is 16.9. The van der Waals surface area contributed by atoms with Crippen molar-refractivity contribution in [1.29, 1.82) is 0 Å². The number of aliphatic imine (C=N–C) groups is 1. The summed E-state index contributed by atoms with van der Waals surface area (Å²) < 4.78 is 0. The normalized spacial score (nSPS) is 13.8. The summed E-state index contributed by atoms with van der Waals surface area (Å²) in [7, 11) is 0. The number of nitrogens with two attached hydrogens (primary N) is 4. The smallest absolute Gasteiger partial charge is 0.326 e. The highest BCUT2D eigenvalue weighted by Crippen LogP contribution is 2.05. The van der Waals surface area contributed by atoms with Crippen LogP contribution in [0.25, 0.3) is 0 Å². The van der Waals surface area contributed by atoms with Crippen molar-refractivity contribution in [2.75, 3.05) is 18.6 Å². The van der Waals surface area contributed by atoms with Gasteiger partial charge in [-0.1, -0.05) is 0 Å². The summed E-state index contributed by atoms with van der Waals surface area (Å²) in [5.74, 6) is -6.45. The zero-order valence-corrected chi connectivity index (χ0v) is 20.6. The maximum Gasteiger partial charge on any atom is 0.326 e. The van der Waals surface area contributed by atoms with Crippen molar-refractivity contribution in [3.63, 3.8) is 0 Å². The maximum absolute atomic E-state index is 12.9. The third-order valence-corrected chi connectivity index (χ3v) is 5.22. The first-order valence-corrected chi connectivity index (χ1v) is 12.1. The molecule has 204 valence electrons. The molecule has 13 N–H and O–H groups in total. The molecule has 4 amide bonds. The molecule has 36 heavy (non-hydrogen) atoms. The number of hydrogen-bond acceptors (Lipinski definition) is 9. The quantitative estimate of drug-likeness (QED) is 0.0462. The van der Waals surface area contributed by atoms with Gasteiger partial charge in [0.15, 0.2) is 5.96 Å². The van der Waals surface area contributed by atoms with E-state index in [1.165, 1.54) is 11.8 Å². The number of primary amides is 1. The SMILES string of the molecule is CSCCC(NC(=O)C(N)CCCN=C(N)N)C(=O)NC(CC(=O)O)C(=O)NC(CC(N)=O)C(=O)O. The molecule has 0 aliphatic rings. The molecule has 17 heteroatoms. The van der Waals surface area contributed by atoms with Crippen LogP contribution in [0.15, 0.2) is 4.99 Å². The predicted molar refractivity (Wildman–Crippen MR) is 130 cm³/mol. The lowest BCUT2D eigenvalue weighted by atomic mass is 10.1. The average molecular weight is 535 g/mol. The largest absolute Gasteiger partial charge is 0.481 e. The number of carboxylic acid groups (broad SMARTS) is 2. The summed E-state index contributed by atoms with van der Waals surface area (Å²) in [6.07, 6.45) is 0.846. The Hall–Kier alpha value is -3.60. The Kier molecular flexibility index (Phi) is 15.2. The Morgan fingerprint density at radius 3 is 1.89 bits per heavy atom. The van der Waals surface area contributed by atoms with Gasteiger partial charge >= 0.3 is 11.9 Å². The van der Waals surface area contributed by atoms with Crippen LogP contribution in [-0.4, -0.2) is 94.5 Å². The molecule has 0 spiro atoms. The number of nitrogens with one attached hydrogen (secondary N) is 3. The van der Waals surface area contributed by atoms with Crippen molar-refractivity contribution in [1.82, 2.24) is 16.0 Å². The third kappa shape index (κ3) is 14.0. The molecule has 16 nitrogen and oxygen atoms in total. The van der Waals surface area contributed by atoms with Crippen LogP contribution in [0.5, 0.6) is 0 Å². The second-order valence-corrected chi connectivity index (χ2v) is 8.61. The van der Waals surface area contributed by atoms with E-state index in [1.807, 2.05) is 5.32 Å². The fraction of sp³-hybridized carbons (Fsp3) is 0.632. The summed E-state index contributed by atoms with van der Waals surface area (Å²) in [6.45, 7) is 0.249. The van der Waals surface area contributed by atoms with Crippen LogP contribution in [0.3, 0.4) is 0 Å². The third-order valence-electron chi connectivity index (χ3n) is 4.58. The minimum absolute atomic E-state index is 0.105. The molecule has 0 aliphatic heterocycles. The van der Waals surface area contributed by atoms with Crippen molar-refractivity contribution in [3.05, 3.63) is 0 Å². The van der Waals surface area contributed by atoms with Crippen LogP contribution < -0.4 is 38.9 Å². The fourth-order valence-corrected chi connectivity index (χ4v) is 3.23. The Morgan fingerprint density at radius 2 is 1.39 bits per heavy atom. The van der Waals surface area contributed by atoms with Crippen LogP contribution in [0.1, 0.15) is 32.1 Å². The lowest BCUT2D eigenvalue weighted by molar-refractivity contribution is -0.144. The molecule has 0 aromatic rings. The maximum atomic E-state index is 12.9. The lowest BCUT2D eigenvalue weighted by Gasteiger charge is -2.24. The van der Waals surface area contributed by atoms with Gasteiger partial charge in [-0.05, 0) is 31.3 Å². The minimum Gasteiger partial charge on any atom is -0.481 e. The average Bonchev–Trinajstić information content (AvgIpc) is 2.77. The highest BCUT2D eigenvalue weighted by Gasteiger charge is 2.32. The molecule has 0 saturated heterocycles. The molecule has 4 atom stereocenters. The molecule has 0 aliphatic carbocycles. The monoisotopic (exact) mass is 534 g/mol. The Morgan fingerprint density at radius 1 is 0.833 bits per heavy atom. The van der Waals surface area contributed by atoms with Gasteiger partial charge in [0.2, 0.25) is 23.6 Å². The first-order chi connectivity index (χ1) is 16.8. The molecule has 0 bridgehead atoms. The van der Waals surface area contributed by atoms with Gasteiger partial charge in [-0.3, -0.25) is 29.0 Å². The van der Waals surface area contributed by atoms with Crippen molar-refractivity contribution >= 4 is 53.3 Å². The van der Waals surface area contributed by atoms with Crippen molar-refractivity contribution < 1.29 is 39.0 Å². The number of carbonyl (C=O) groups excluding carboxylic acids is 4. The van der Waals surface area contributed by atoms with Gasteiger partial charge in [-0.2, -0.15) is 11.8 Å². The topological polar surface area (TPSA) is 295 Å². The fourth-order valence-electron chi connectivity index (χ4n) is 2.76. The molecule has 0 heterocycles. The highest BCUT2D eigenvalue weighted by molar-refractivity contribution is 7.98. The van der Waals surface area contributed by atoms with Crippen molar-refractivity contribution in [3.8, 4) is 0 Å².